The van der Waals surface area contributed by atoms with Crippen molar-refractivity contribution in [3.05, 3.63) is 46.6 Å². The maximum Gasteiger partial charge on any atom is 0.350 e. The zero-order chi connectivity index (χ0) is 10.8. The molecule has 4 nitrogen and oxygen atoms in total. The van der Waals surface area contributed by atoms with Gasteiger partial charge in [-0.3, -0.25) is 0 Å². The van der Waals surface area contributed by atoms with Crippen LogP contribution in [-0.2, 0) is 6.54 Å². The Labute approximate surface area is 87.8 Å². The molecule has 0 unspecified atom stereocenters. The summed E-state index contributed by atoms with van der Waals surface area (Å²) in [6.07, 6.45) is 1.55. The number of hydrogen-bond donors (Lipinski definition) is 0. The minimum absolute atomic E-state index is 0.0960. The highest BCUT2D eigenvalue weighted by Gasteiger charge is 2.04. The third kappa shape index (κ3) is 1.70. The van der Waals surface area contributed by atoms with Gasteiger partial charge in [0.15, 0.2) is 0 Å². The third-order valence-corrected chi connectivity index (χ3v) is 2.35. The van der Waals surface area contributed by atoms with Gasteiger partial charge >= 0.3 is 5.69 Å². The Hall–Kier alpha value is -1.84. The number of hydrogen-bond acceptors (Lipinski definition) is 2. The summed E-state index contributed by atoms with van der Waals surface area (Å²) in [4.78, 5) is 11.7. The molecular formula is C11H13N3O. The number of nitrogens with zero attached hydrogens (tertiary/aromatic N) is 3. The van der Waals surface area contributed by atoms with E-state index in [1.54, 1.807) is 10.9 Å². The van der Waals surface area contributed by atoms with Gasteiger partial charge in [0.25, 0.3) is 0 Å². The van der Waals surface area contributed by atoms with Crippen molar-refractivity contribution in [1.82, 2.24) is 14.3 Å². The number of aryl methyl sites for hydroxylation is 2. The van der Waals surface area contributed by atoms with E-state index in [0.717, 1.165) is 5.69 Å². The van der Waals surface area contributed by atoms with Gasteiger partial charge in [0.2, 0.25) is 0 Å². The van der Waals surface area contributed by atoms with E-state index in [0.29, 0.717) is 6.54 Å². The molecule has 15 heavy (non-hydrogen) atoms. The van der Waals surface area contributed by atoms with E-state index in [1.165, 1.54) is 10.2 Å². The fourth-order valence-corrected chi connectivity index (χ4v) is 1.44. The van der Waals surface area contributed by atoms with Gasteiger partial charge in [-0.05, 0) is 26.0 Å². The molecule has 1 aromatic heterocycles. The van der Waals surface area contributed by atoms with E-state index >= 15 is 0 Å². The van der Waals surface area contributed by atoms with E-state index in [1.807, 2.05) is 38.1 Å². The minimum Gasteiger partial charge on any atom is -0.250 e. The van der Waals surface area contributed by atoms with Crippen LogP contribution in [-0.4, -0.2) is 14.3 Å². The standard InChI is InChI=1S/C11H13N3O/c1-3-14-11(15)13(8-12-14)10-6-4-9(2)5-7-10/h4-8H,3H2,1-2H3. The lowest BCUT2D eigenvalue weighted by atomic mass is 10.2. The summed E-state index contributed by atoms with van der Waals surface area (Å²) in [5.41, 5.74) is 1.93. The SMILES string of the molecule is CCn1ncn(-c2ccc(C)cc2)c1=O. The highest BCUT2D eigenvalue weighted by atomic mass is 16.2. The lowest BCUT2D eigenvalue weighted by molar-refractivity contribution is 0.629. The van der Waals surface area contributed by atoms with Gasteiger partial charge in [0.1, 0.15) is 6.33 Å². The largest absolute Gasteiger partial charge is 0.350 e. The molecular weight excluding hydrogens is 190 g/mol. The van der Waals surface area contributed by atoms with Crippen LogP contribution in [0.2, 0.25) is 0 Å². The van der Waals surface area contributed by atoms with Gasteiger partial charge in [-0.2, -0.15) is 5.10 Å². The predicted molar refractivity (Wildman–Crippen MR) is 58.2 cm³/mol. The van der Waals surface area contributed by atoms with E-state index < -0.39 is 0 Å². The Balaban J connectivity index is 2.50. The third-order valence-electron chi connectivity index (χ3n) is 2.35. The molecule has 0 aliphatic rings. The van der Waals surface area contributed by atoms with E-state index in [9.17, 15) is 4.79 Å². The van der Waals surface area contributed by atoms with Crippen LogP contribution in [0, 0.1) is 6.92 Å². The molecule has 78 valence electrons. The smallest absolute Gasteiger partial charge is 0.250 e. The maximum absolute atomic E-state index is 11.7. The number of benzene rings is 1. The monoisotopic (exact) mass is 203 g/mol. The zero-order valence-electron chi connectivity index (χ0n) is 8.84. The van der Waals surface area contributed by atoms with Crippen molar-refractivity contribution in [2.24, 2.45) is 0 Å². The van der Waals surface area contributed by atoms with Crippen molar-refractivity contribution in [1.29, 1.82) is 0 Å². The molecule has 2 rings (SSSR count). The number of aromatic nitrogens is 3. The van der Waals surface area contributed by atoms with Crippen LogP contribution in [0.15, 0.2) is 35.4 Å². The lowest BCUT2D eigenvalue weighted by Crippen LogP contribution is -2.23. The average molecular weight is 203 g/mol. The predicted octanol–water partition coefficient (Wildman–Crippen LogP) is 1.36. The van der Waals surface area contributed by atoms with Gasteiger partial charge in [0, 0.05) is 6.54 Å². The van der Waals surface area contributed by atoms with Gasteiger partial charge < -0.3 is 0 Å². The summed E-state index contributed by atoms with van der Waals surface area (Å²) in [7, 11) is 0. The minimum atomic E-state index is -0.0960. The molecule has 0 fully saturated rings. The van der Waals surface area contributed by atoms with Gasteiger partial charge in [0.05, 0.1) is 5.69 Å². The van der Waals surface area contributed by atoms with Crippen LogP contribution in [0.25, 0.3) is 5.69 Å². The molecule has 1 heterocycles. The zero-order valence-corrected chi connectivity index (χ0v) is 8.84. The molecule has 0 amide bonds. The second-order valence-electron chi connectivity index (χ2n) is 3.43. The summed E-state index contributed by atoms with van der Waals surface area (Å²) in [6.45, 7) is 4.51. The van der Waals surface area contributed by atoms with E-state index in [-0.39, 0.29) is 5.69 Å². The van der Waals surface area contributed by atoms with E-state index in [4.69, 9.17) is 0 Å². The van der Waals surface area contributed by atoms with Crippen molar-refractivity contribution in [3.8, 4) is 5.69 Å². The average Bonchev–Trinajstić information content (AvgIpc) is 2.61. The Bertz CT molecular complexity index is 507. The second-order valence-corrected chi connectivity index (χ2v) is 3.43. The van der Waals surface area contributed by atoms with Crippen LogP contribution in [0.3, 0.4) is 0 Å². The van der Waals surface area contributed by atoms with Crippen LogP contribution in [0.5, 0.6) is 0 Å². The van der Waals surface area contributed by atoms with Crippen molar-refractivity contribution in [3.63, 3.8) is 0 Å². The first kappa shape index (κ1) is 9.71. The molecule has 0 N–H and O–H groups in total. The van der Waals surface area contributed by atoms with Crippen molar-refractivity contribution in [2.45, 2.75) is 20.4 Å². The van der Waals surface area contributed by atoms with Gasteiger partial charge in [-0.25, -0.2) is 14.0 Å². The maximum atomic E-state index is 11.7. The molecule has 4 heteroatoms. The van der Waals surface area contributed by atoms with Crippen molar-refractivity contribution >= 4 is 0 Å². The molecule has 0 saturated heterocycles. The summed E-state index contributed by atoms with van der Waals surface area (Å²) >= 11 is 0. The van der Waals surface area contributed by atoms with Gasteiger partial charge in [-0.15, -0.1) is 0 Å². The molecule has 0 saturated carbocycles. The molecule has 0 aliphatic carbocycles. The normalized spacial score (nSPS) is 10.5. The Morgan fingerprint density at radius 2 is 1.93 bits per heavy atom. The fourth-order valence-electron chi connectivity index (χ4n) is 1.44. The topological polar surface area (TPSA) is 39.8 Å². The molecule has 0 aliphatic heterocycles. The van der Waals surface area contributed by atoms with Crippen LogP contribution in [0.4, 0.5) is 0 Å². The molecule has 0 spiro atoms. The summed E-state index contributed by atoms with van der Waals surface area (Å²) in [5, 5.41) is 4.00. The molecule has 0 bridgehead atoms. The molecule has 2 aromatic rings. The fraction of sp³-hybridized carbons (Fsp3) is 0.273. The Morgan fingerprint density at radius 1 is 1.27 bits per heavy atom. The lowest BCUT2D eigenvalue weighted by Gasteiger charge is -2.00. The summed E-state index contributed by atoms with van der Waals surface area (Å²) in [6, 6.07) is 7.78. The highest BCUT2D eigenvalue weighted by Crippen LogP contribution is 2.05. The van der Waals surface area contributed by atoms with Crippen LogP contribution < -0.4 is 5.69 Å². The first-order valence-corrected chi connectivity index (χ1v) is 4.94. The first-order valence-electron chi connectivity index (χ1n) is 4.94. The van der Waals surface area contributed by atoms with Crippen molar-refractivity contribution < 1.29 is 0 Å². The molecule has 0 atom stereocenters. The number of rotatable bonds is 2. The van der Waals surface area contributed by atoms with E-state index in [2.05, 4.69) is 5.10 Å². The summed E-state index contributed by atoms with van der Waals surface area (Å²) in [5.74, 6) is 0. The molecule has 1 aromatic carbocycles. The molecule has 0 radical (unpaired) electrons. The van der Waals surface area contributed by atoms with Crippen LogP contribution in [0.1, 0.15) is 12.5 Å². The Morgan fingerprint density at radius 3 is 2.47 bits per heavy atom. The van der Waals surface area contributed by atoms with Crippen LogP contribution >= 0.6 is 0 Å². The second kappa shape index (κ2) is 3.73. The quantitative estimate of drug-likeness (QED) is 0.739. The highest BCUT2D eigenvalue weighted by molar-refractivity contribution is 5.33. The summed E-state index contributed by atoms with van der Waals surface area (Å²) < 4.78 is 2.97. The van der Waals surface area contributed by atoms with Gasteiger partial charge in [-0.1, -0.05) is 17.7 Å². The first-order chi connectivity index (χ1) is 7.22. The van der Waals surface area contributed by atoms with Crippen molar-refractivity contribution in [2.75, 3.05) is 0 Å². The Kier molecular flexibility index (Phi) is 2.41.